The molecular formula is C11H9F2N3. The minimum Gasteiger partial charge on any atom is -0.366 e. The van der Waals surface area contributed by atoms with Gasteiger partial charge in [0.05, 0.1) is 0 Å². The van der Waals surface area contributed by atoms with Gasteiger partial charge in [-0.25, -0.2) is 18.7 Å². The topological polar surface area (TPSA) is 37.8 Å². The molecule has 2 rings (SSSR count). The third-order valence-corrected chi connectivity index (χ3v) is 2.04. The van der Waals surface area contributed by atoms with Crippen LogP contribution in [0.1, 0.15) is 5.56 Å². The van der Waals surface area contributed by atoms with Gasteiger partial charge in [0.15, 0.2) is 11.6 Å². The van der Waals surface area contributed by atoms with E-state index in [1.54, 1.807) is 12.3 Å². The molecule has 1 aromatic heterocycles. The monoisotopic (exact) mass is 221 g/mol. The Morgan fingerprint density at radius 1 is 1.12 bits per heavy atom. The number of nitrogens with one attached hydrogen (secondary N) is 1. The summed E-state index contributed by atoms with van der Waals surface area (Å²) in [6, 6.07) is 5.47. The first-order chi connectivity index (χ1) is 7.75. The van der Waals surface area contributed by atoms with Crippen LogP contribution in [0.4, 0.5) is 14.6 Å². The molecule has 0 bridgehead atoms. The molecule has 0 fully saturated rings. The molecule has 16 heavy (non-hydrogen) atoms. The predicted octanol–water partition coefficient (Wildman–Crippen LogP) is 2.37. The number of rotatable bonds is 3. The second-order valence-corrected chi connectivity index (χ2v) is 3.20. The van der Waals surface area contributed by atoms with Crippen molar-refractivity contribution in [3.8, 4) is 0 Å². The van der Waals surface area contributed by atoms with Gasteiger partial charge in [0.1, 0.15) is 12.1 Å². The van der Waals surface area contributed by atoms with Gasteiger partial charge in [0.25, 0.3) is 0 Å². The molecule has 0 aliphatic carbocycles. The molecule has 0 amide bonds. The van der Waals surface area contributed by atoms with E-state index in [1.165, 1.54) is 12.4 Å². The largest absolute Gasteiger partial charge is 0.366 e. The van der Waals surface area contributed by atoms with Gasteiger partial charge in [0.2, 0.25) is 0 Å². The van der Waals surface area contributed by atoms with E-state index < -0.39 is 11.6 Å². The number of nitrogens with zero attached hydrogens (tertiary/aromatic N) is 2. The van der Waals surface area contributed by atoms with Gasteiger partial charge in [-0.05, 0) is 23.8 Å². The Labute approximate surface area is 91.2 Å². The zero-order valence-corrected chi connectivity index (χ0v) is 8.32. The predicted molar refractivity (Wildman–Crippen MR) is 55.7 cm³/mol. The Balaban J connectivity index is 2.03. The van der Waals surface area contributed by atoms with Crippen molar-refractivity contribution >= 4 is 5.82 Å². The third kappa shape index (κ3) is 2.50. The van der Waals surface area contributed by atoms with Gasteiger partial charge in [-0.1, -0.05) is 6.07 Å². The fourth-order valence-electron chi connectivity index (χ4n) is 1.24. The second-order valence-electron chi connectivity index (χ2n) is 3.20. The van der Waals surface area contributed by atoms with Gasteiger partial charge in [0, 0.05) is 12.7 Å². The molecule has 3 nitrogen and oxygen atoms in total. The summed E-state index contributed by atoms with van der Waals surface area (Å²) in [7, 11) is 0. The number of hydrogen-bond donors (Lipinski definition) is 1. The molecule has 0 aliphatic heterocycles. The molecule has 0 atom stereocenters. The highest BCUT2D eigenvalue weighted by atomic mass is 19.2. The number of halogens is 2. The molecule has 1 heterocycles. The minimum atomic E-state index is -0.845. The molecule has 1 N–H and O–H groups in total. The van der Waals surface area contributed by atoms with Crippen LogP contribution in [0.2, 0.25) is 0 Å². The molecule has 82 valence electrons. The highest BCUT2D eigenvalue weighted by Crippen LogP contribution is 2.10. The van der Waals surface area contributed by atoms with E-state index in [4.69, 9.17) is 0 Å². The summed E-state index contributed by atoms with van der Waals surface area (Å²) < 4.78 is 25.5. The minimum absolute atomic E-state index is 0.383. The number of aromatic nitrogens is 2. The summed E-state index contributed by atoms with van der Waals surface area (Å²) in [4.78, 5) is 7.71. The molecule has 0 unspecified atom stereocenters. The van der Waals surface area contributed by atoms with Crippen molar-refractivity contribution in [2.24, 2.45) is 0 Å². The summed E-state index contributed by atoms with van der Waals surface area (Å²) in [6.45, 7) is 0.383. The highest BCUT2D eigenvalue weighted by Gasteiger charge is 2.02. The molecule has 5 heteroatoms. The lowest BCUT2D eigenvalue weighted by Crippen LogP contribution is -2.02. The fourth-order valence-corrected chi connectivity index (χ4v) is 1.24. The zero-order valence-electron chi connectivity index (χ0n) is 8.32. The Bertz CT molecular complexity index is 474. The maximum atomic E-state index is 12.9. The van der Waals surface area contributed by atoms with Gasteiger partial charge in [-0.3, -0.25) is 0 Å². The average molecular weight is 221 g/mol. The van der Waals surface area contributed by atoms with E-state index in [2.05, 4.69) is 15.3 Å². The van der Waals surface area contributed by atoms with Gasteiger partial charge >= 0.3 is 0 Å². The standard InChI is InChI=1S/C11H9F2N3/c12-9-2-1-8(5-10(9)13)6-15-11-3-4-14-7-16-11/h1-5,7H,6H2,(H,14,15,16). The van der Waals surface area contributed by atoms with Crippen LogP contribution in [-0.4, -0.2) is 9.97 Å². The van der Waals surface area contributed by atoms with E-state index in [0.717, 1.165) is 12.1 Å². The number of benzene rings is 1. The first-order valence-corrected chi connectivity index (χ1v) is 4.69. The SMILES string of the molecule is Fc1ccc(CNc2ccncn2)cc1F. The molecule has 0 aliphatic rings. The molecule has 2 aromatic rings. The Morgan fingerprint density at radius 3 is 2.69 bits per heavy atom. The van der Waals surface area contributed by atoms with Crippen molar-refractivity contribution in [2.45, 2.75) is 6.54 Å². The van der Waals surface area contributed by atoms with E-state index in [1.807, 2.05) is 0 Å². The van der Waals surface area contributed by atoms with E-state index in [-0.39, 0.29) is 0 Å². The van der Waals surface area contributed by atoms with Crippen LogP contribution in [0.3, 0.4) is 0 Å². The molecule has 0 spiro atoms. The second kappa shape index (κ2) is 4.65. The van der Waals surface area contributed by atoms with Crippen LogP contribution in [0.5, 0.6) is 0 Å². The average Bonchev–Trinajstić information content (AvgIpc) is 2.32. The Hall–Kier alpha value is -2.04. The maximum Gasteiger partial charge on any atom is 0.159 e. The van der Waals surface area contributed by atoms with Crippen LogP contribution < -0.4 is 5.32 Å². The zero-order chi connectivity index (χ0) is 11.4. The Kier molecular flexibility index (Phi) is 3.05. The normalized spacial score (nSPS) is 10.1. The highest BCUT2D eigenvalue weighted by molar-refractivity contribution is 5.33. The van der Waals surface area contributed by atoms with Crippen LogP contribution in [0, 0.1) is 11.6 Å². The van der Waals surface area contributed by atoms with Crippen LogP contribution in [0.15, 0.2) is 36.8 Å². The van der Waals surface area contributed by atoms with Crippen molar-refractivity contribution in [1.29, 1.82) is 0 Å². The summed E-state index contributed by atoms with van der Waals surface area (Å²) in [5, 5.41) is 2.97. The lowest BCUT2D eigenvalue weighted by molar-refractivity contribution is 0.507. The van der Waals surface area contributed by atoms with Crippen molar-refractivity contribution in [3.05, 3.63) is 54.0 Å². The van der Waals surface area contributed by atoms with Crippen LogP contribution in [-0.2, 0) is 6.54 Å². The maximum absolute atomic E-state index is 12.9. The molecule has 0 saturated heterocycles. The first-order valence-electron chi connectivity index (χ1n) is 4.69. The molecule has 0 saturated carbocycles. The lowest BCUT2D eigenvalue weighted by atomic mass is 10.2. The number of anilines is 1. The van der Waals surface area contributed by atoms with Crippen molar-refractivity contribution in [1.82, 2.24) is 9.97 Å². The summed E-state index contributed by atoms with van der Waals surface area (Å²) >= 11 is 0. The molecule has 1 aromatic carbocycles. The van der Waals surface area contributed by atoms with Crippen molar-refractivity contribution in [3.63, 3.8) is 0 Å². The number of hydrogen-bond acceptors (Lipinski definition) is 3. The molecule has 0 radical (unpaired) electrons. The van der Waals surface area contributed by atoms with Crippen LogP contribution >= 0.6 is 0 Å². The third-order valence-electron chi connectivity index (χ3n) is 2.04. The Morgan fingerprint density at radius 2 is 2.00 bits per heavy atom. The van der Waals surface area contributed by atoms with Crippen molar-refractivity contribution in [2.75, 3.05) is 5.32 Å². The van der Waals surface area contributed by atoms with Gasteiger partial charge < -0.3 is 5.32 Å². The summed E-state index contributed by atoms with van der Waals surface area (Å²) in [5.41, 5.74) is 0.650. The smallest absolute Gasteiger partial charge is 0.159 e. The fraction of sp³-hybridized carbons (Fsp3) is 0.0909. The van der Waals surface area contributed by atoms with Crippen molar-refractivity contribution < 1.29 is 8.78 Å². The van der Waals surface area contributed by atoms with Gasteiger partial charge in [-0.2, -0.15) is 0 Å². The van der Waals surface area contributed by atoms with E-state index >= 15 is 0 Å². The van der Waals surface area contributed by atoms with Crippen LogP contribution in [0.25, 0.3) is 0 Å². The van der Waals surface area contributed by atoms with E-state index in [9.17, 15) is 8.78 Å². The van der Waals surface area contributed by atoms with Gasteiger partial charge in [-0.15, -0.1) is 0 Å². The summed E-state index contributed by atoms with van der Waals surface area (Å²) in [5.74, 6) is -1.05. The quantitative estimate of drug-likeness (QED) is 0.864. The lowest BCUT2D eigenvalue weighted by Gasteiger charge is -2.05. The van der Waals surface area contributed by atoms with E-state index in [0.29, 0.717) is 17.9 Å². The molecular weight excluding hydrogens is 212 g/mol. The summed E-state index contributed by atoms with van der Waals surface area (Å²) in [6.07, 6.45) is 3.01. The first kappa shape index (κ1) is 10.5.